The molecule has 0 N–H and O–H groups in total. The summed E-state index contributed by atoms with van der Waals surface area (Å²) >= 11 is 0. The standard InChI is InChI=1S/C28H58O11Si/c1-27(2,3)39-26(29)25-37-22-21-35-18-17-33-14-13-31-10-9-30-11-12-32-15-16-34-19-20-36-23-24-38-40(7,8)28(4,5)6/h9-25H2,1-8H3. The lowest BCUT2D eigenvalue weighted by Gasteiger charge is -2.36. The summed E-state index contributed by atoms with van der Waals surface area (Å²) in [6.07, 6.45) is 0. The summed E-state index contributed by atoms with van der Waals surface area (Å²) in [6, 6.07) is 0. The van der Waals surface area contributed by atoms with Crippen molar-refractivity contribution in [2.45, 2.75) is 65.3 Å². The molecule has 0 radical (unpaired) electrons. The van der Waals surface area contributed by atoms with Crippen molar-refractivity contribution in [1.29, 1.82) is 0 Å². The minimum Gasteiger partial charge on any atom is -0.458 e. The fourth-order valence-corrected chi connectivity index (χ4v) is 3.66. The van der Waals surface area contributed by atoms with E-state index in [2.05, 4.69) is 33.9 Å². The van der Waals surface area contributed by atoms with Crippen LogP contribution in [0.4, 0.5) is 0 Å². The van der Waals surface area contributed by atoms with Crippen LogP contribution >= 0.6 is 0 Å². The SMILES string of the molecule is CC(C)(C)OC(=O)COCCOCCOCCOCCOCCOCCOCCOCCO[Si](C)(C)C(C)(C)C. The fraction of sp³-hybridized carbons (Fsp3) is 0.964. The number of hydrogen-bond acceptors (Lipinski definition) is 11. The first-order valence-corrected chi connectivity index (χ1v) is 17.2. The van der Waals surface area contributed by atoms with Crippen LogP contribution < -0.4 is 0 Å². The Morgan fingerprint density at radius 2 is 0.750 bits per heavy atom. The van der Waals surface area contributed by atoms with Crippen molar-refractivity contribution in [3.63, 3.8) is 0 Å². The van der Waals surface area contributed by atoms with E-state index < -0.39 is 13.9 Å². The van der Waals surface area contributed by atoms with Crippen molar-refractivity contribution in [3.05, 3.63) is 0 Å². The number of hydrogen-bond donors (Lipinski definition) is 0. The zero-order valence-corrected chi connectivity index (χ0v) is 27.5. The summed E-state index contributed by atoms with van der Waals surface area (Å²) in [4.78, 5) is 11.5. The van der Waals surface area contributed by atoms with Crippen molar-refractivity contribution in [2.75, 3.05) is 112 Å². The van der Waals surface area contributed by atoms with E-state index in [-0.39, 0.29) is 17.6 Å². The number of ether oxygens (including phenoxy) is 9. The number of esters is 1. The average Bonchev–Trinajstić information content (AvgIpc) is 2.84. The molecule has 0 unspecified atom stereocenters. The van der Waals surface area contributed by atoms with Gasteiger partial charge < -0.3 is 47.1 Å². The Balaban J connectivity index is 3.20. The normalized spacial score (nSPS) is 12.7. The molecule has 0 aromatic heterocycles. The van der Waals surface area contributed by atoms with Crippen LogP contribution in [0.1, 0.15) is 41.5 Å². The molecule has 0 fully saturated rings. The van der Waals surface area contributed by atoms with Crippen LogP contribution in [0.5, 0.6) is 0 Å². The summed E-state index contributed by atoms with van der Waals surface area (Å²) in [5.41, 5.74) is -0.505. The van der Waals surface area contributed by atoms with Crippen LogP contribution in [-0.2, 0) is 51.9 Å². The highest BCUT2D eigenvalue weighted by Crippen LogP contribution is 2.36. The van der Waals surface area contributed by atoms with E-state index in [4.69, 9.17) is 47.1 Å². The second kappa shape index (κ2) is 23.8. The van der Waals surface area contributed by atoms with Crippen LogP contribution in [-0.4, -0.2) is 132 Å². The van der Waals surface area contributed by atoms with E-state index in [0.29, 0.717) is 106 Å². The molecule has 0 rings (SSSR count). The van der Waals surface area contributed by atoms with Crippen LogP contribution in [0.25, 0.3) is 0 Å². The molecule has 0 spiro atoms. The number of rotatable bonds is 27. The molecule has 0 saturated carbocycles. The monoisotopic (exact) mass is 598 g/mol. The molecule has 240 valence electrons. The van der Waals surface area contributed by atoms with Gasteiger partial charge in [-0.25, -0.2) is 4.79 Å². The van der Waals surface area contributed by atoms with Crippen LogP contribution in [0.15, 0.2) is 0 Å². The van der Waals surface area contributed by atoms with Crippen molar-refractivity contribution in [2.24, 2.45) is 0 Å². The van der Waals surface area contributed by atoms with E-state index in [9.17, 15) is 4.79 Å². The Hall–Kier alpha value is -0.673. The molecular weight excluding hydrogens is 540 g/mol. The second-order valence-electron chi connectivity index (χ2n) is 11.5. The Morgan fingerprint density at radius 3 is 1.02 bits per heavy atom. The molecule has 0 amide bonds. The average molecular weight is 599 g/mol. The molecular formula is C28H58O11Si. The lowest BCUT2D eigenvalue weighted by molar-refractivity contribution is -0.160. The summed E-state index contributed by atoms with van der Waals surface area (Å²) < 4.78 is 54.7. The van der Waals surface area contributed by atoms with Crippen molar-refractivity contribution < 1.29 is 51.9 Å². The van der Waals surface area contributed by atoms with Gasteiger partial charge in [0.25, 0.3) is 0 Å². The molecule has 11 nitrogen and oxygen atoms in total. The minimum atomic E-state index is -1.70. The Labute approximate surface area is 243 Å². The van der Waals surface area contributed by atoms with E-state index >= 15 is 0 Å². The zero-order valence-electron chi connectivity index (χ0n) is 26.5. The maximum absolute atomic E-state index is 11.5. The van der Waals surface area contributed by atoms with Crippen LogP contribution in [0.3, 0.4) is 0 Å². The van der Waals surface area contributed by atoms with Crippen molar-refractivity contribution >= 4 is 14.3 Å². The maximum atomic E-state index is 11.5. The molecule has 0 aliphatic heterocycles. The molecule has 0 saturated heterocycles. The predicted octanol–water partition coefficient (Wildman–Crippen LogP) is 3.48. The van der Waals surface area contributed by atoms with Gasteiger partial charge >= 0.3 is 5.97 Å². The highest BCUT2D eigenvalue weighted by atomic mass is 28.4. The van der Waals surface area contributed by atoms with Gasteiger partial charge in [0.1, 0.15) is 12.2 Å². The molecule has 0 aliphatic rings. The number of carbonyl (C=O) groups is 1. The topological polar surface area (TPSA) is 109 Å². The Bertz CT molecular complexity index is 592. The third-order valence-electron chi connectivity index (χ3n) is 5.74. The van der Waals surface area contributed by atoms with Gasteiger partial charge in [0.2, 0.25) is 0 Å². The van der Waals surface area contributed by atoms with Crippen molar-refractivity contribution in [1.82, 2.24) is 0 Å². The number of carbonyl (C=O) groups excluding carboxylic acids is 1. The molecule has 0 aliphatic carbocycles. The van der Waals surface area contributed by atoms with E-state index in [0.717, 1.165) is 0 Å². The van der Waals surface area contributed by atoms with E-state index in [1.807, 2.05) is 20.8 Å². The van der Waals surface area contributed by atoms with Crippen LogP contribution in [0, 0.1) is 0 Å². The molecule has 40 heavy (non-hydrogen) atoms. The molecule has 0 heterocycles. The van der Waals surface area contributed by atoms with Gasteiger partial charge in [-0.3, -0.25) is 0 Å². The second-order valence-corrected chi connectivity index (χ2v) is 16.3. The highest BCUT2D eigenvalue weighted by Gasteiger charge is 2.36. The summed E-state index contributed by atoms with van der Waals surface area (Å²) in [5, 5.41) is 0.216. The van der Waals surface area contributed by atoms with Gasteiger partial charge in [0, 0.05) is 0 Å². The fourth-order valence-electron chi connectivity index (χ4n) is 2.64. The van der Waals surface area contributed by atoms with Crippen molar-refractivity contribution in [3.8, 4) is 0 Å². The minimum absolute atomic E-state index is 0.0777. The van der Waals surface area contributed by atoms with Gasteiger partial charge in [0.05, 0.1) is 106 Å². The molecule has 12 heteroatoms. The Morgan fingerprint density at radius 1 is 0.475 bits per heavy atom. The summed E-state index contributed by atoms with van der Waals surface area (Å²) in [6.45, 7) is 24.5. The lowest BCUT2D eigenvalue weighted by atomic mass is 10.2. The largest absolute Gasteiger partial charge is 0.458 e. The Kier molecular flexibility index (Phi) is 23.4. The van der Waals surface area contributed by atoms with Gasteiger partial charge in [-0.2, -0.15) is 0 Å². The van der Waals surface area contributed by atoms with Gasteiger partial charge in [-0.05, 0) is 38.9 Å². The predicted molar refractivity (Wildman–Crippen MR) is 156 cm³/mol. The zero-order chi connectivity index (χ0) is 30.2. The van der Waals surface area contributed by atoms with Gasteiger partial charge in [-0.1, -0.05) is 20.8 Å². The molecule has 0 aromatic carbocycles. The first-order valence-electron chi connectivity index (χ1n) is 14.3. The molecule has 0 bridgehead atoms. The first kappa shape index (κ1) is 39.3. The maximum Gasteiger partial charge on any atom is 0.332 e. The molecule has 0 atom stereocenters. The van der Waals surface area contributed by atoms with Gasteiger partial charge in [-0.15, -0.1) is 0 Å². The van der Waals surface area contributed by atoms with Crippen LogP contribution in [0.2, 0.25) is 18.1 Å². The summed E-state index contributed by atoms with van der Waals surface area (Å²) in [7, 11) is -1.70. The highest BCUT2D eigenvalue weighted by molar-refractivity contribution is 6.74. The summed E-state index contributed by atoms with van der Waals surface area (Å²) in [5.74, 6) is -0.382. The molecule has 0 aromatic rings. The third-order valence-corrected chi connectivity index (χ3v) is 10.3. The lowest BCUT2D eigenvalue weighted by Crippen LogP contribution is -2.41. The van der Waals surface area contributed by atoms with Gasteiger partial charge in [0.15, 0.2) is 8.32 Å². The smallest absolute Gasteiger partial charge is 0.332 e. The first-order chi connectivity index (χ1) is 18.9. The van der Waals surface area contributed by atoms with E-state index in [1.165, 1.54) is 0 Å². The van der Waals surface area contributed by atoms with E-state index in [1.54, 1.807) is 0 Å². The third kappa shape index (κ3) is 26.2. The quantitative estimate of drug-likeness (QED) is 0.0787.